The van der Waals surface area contributed by atoms with Gasteiger partial charge in [0.15, 0.2) is 0 Å². The molecule has 0 radical (unpaired) electrons. The van der Waals surface area contributed by atoms with Crippen molar-refractivity contribution in [2.45, 2.75) is 57.7 Å². The number of rotatable bonds is 22. The standard InChI is InChI=1S/C47H57ClN8O9/c1-29(2)43(55-40(57)20-23-64-24-21-49)45(60)53-37(9-6-22-51-46(50)61)44(59)52-33-15-10-31(11-16-33)28-65-47(62)54-38-25-39-42(36-8-5-4-7-35(36)38)32(26-48)27-56(39)41(58)19-14-30-12-17-34(63-3)18-13-30/h4-5,7-8,10-19,25,29,32,37,43H,6,9,20-24,26-28,49H2,1-3H3,(H,52,59)(H,53,60)(H,54,62)(H,55,57)(H3,50,51,61)/b19-14+. The maximum Gasteiger partial charge on any atom is 0.411 e. The van der Waals surface area contributed by atoms with Crippen molar-refractivity contribution in [2.75, 3.05) is 61.4 Å². The van der Waals surface area contributed by atoms with Gasteiger partial charge in [-0.3, -0.25) is 24.5 Å². The van der Waals surface area contributed by atoms with Crippen molar-refractivity contribution in [3.8, 4) is 5.75 Å². The molecule has 4 aromatic rings. The van der Waals surface area contributed by atoms with Gasteiger partial charge in [-0.05, 0) is 77.2 Å². The third-order valence-electron chi connectivity index (χ3n) is 10.6. The van der Waals surface area contributed by atoms with Crippen LogP contribution in [-0.2, 0) is 35.3 Å². The predicted molar refractivity (Wildman–Crippen MR) is 251 cm³/mol. The number of hydrogen-bond donors (Lipinski definition) is 7. The molecule has 65 heavy (non-hydrogen) atoms. The molecule has 18 heteroatoms. The van der Waals surface area contributed by atoms with E-state index in [2.05, 4.69) is 26.6 Å². The van der Waals surface area contributed by atoms with Crippen LogP contribution in [0.15, 0.2) is 84.9 Å². The summed E-state index contributed by atoms with van der Waals surface area (Å²) in [5.74, 6) is -1.15. The quantitative estimate of drug-likeness (QED) is 0.0302. The number of methoxy groups -OCH3 is 1. The van der Waals surface area contributed by atoms with Gasteiger partial charge in [-0.25, -0.2) is 9.59 Å². The molecule has 3 unspecified atom stereocenters. The number of ether oxygens (including phenoxy) is 3. The number of nitrogens with two attached hydrogens (primary N) is 2. The second kappa shape index (κ2) is 24.4. The van der Waals surface area contributed by atoms with Crippen molar-refractivity contribution in [3.05, 3.63) is 102 Å². The van der Waals surface area contributed by atoms with Crippen LogP contribution < -0.4 is 47.7 Å². The number of halogens is 1. The van der Waals surface area contributed by atoms with E-state index in [9.17, 15) is 28.8 Å². The minimum Gasteiger partial charge on any atom is -0.497 e. The molecule has 0 fully saturated rings. The Morgan fingerprint density at radius 3 is 2.29 bits per heavy atom. The minimum absolute atomic E-state index is 0.0282. The third kappa shape index (κ3) is 14.2. The molecule has 1 aliphatic heterocycles. The Morgan fingerprint density at radius 1 is 0.908 bits per heavy atom. The Labute approximate surface area is 382 Å². The number of primary amides is 1. The first-order chi connectivity index (χ1) is 31.3. The normalized spacial score (nSPS) is 14.1. The summed E-state index contributed by atoms with van der Waals surface area (Å²) in [4.78, 5) is 79.4. The van der Waals surface area contributed by atoms with Crippen molar-refractivity contribution in [1.29, 1.82) is 0 Å². The maximum absolute atomic E-state index is 13.6. The molecule has 0 saturated heterocycles. The molecular weight excluding hydrogens is 856 g/mol. The summed E-state index contributed by atoms with van der Waals surface area (Å²) in [6, 6.07) is 20.6. The Balaban J connectivity index is 1.22. The fourth-order valence-corrected chi connectivity index (χ4v) is 7.50. The number of carbonyl (C=O) groups excluding carboxylic acids is 6. The first kappa shape index (κ1) is 49.3. The molecule has 0 aromatic heterocycles. The molecule has 4 aromatic carbocycles. The molecule has 0 aliphatic carbocycles. The lowest BCUT2D eigenvalue weighted by molar-refractivity contribution is -0.132. The van der Waals surface area contributed by atoms with E-state index in [0.29, 0.717) is 60.4 Å². The zero-order chi connectivity index (χ0) is 46.9. The van der Waals surface area contributed by atoms with Crippen LogP contribution in [-0.4, -0.2) is 93.7 Å². The van der Waals surface area contributed by atoms with E-state index in [-0.39, 0.29) is 50.3 Å². The SMILES string of the molecule is COc1ccc(/C=C/C(=O)N2CC(CCl)c3c2cc(NC(=O)OCc2ccc(NC(=O)C(CCCNC(N)=O)NC(=O)C(NC(=O)CCOCCN)C(C)C)cc2)c2ccccc32)cc1. The molecule has 346 valence electrons. The number of nitrogens with one attached hydrogen (secondary N) is 5. The maximum atomic E-state index is 13.6. The number of anilines is 3. The van der Waals surface area contributed by atoms with Gasteiger partial charge in [0.25, 0.3) is 5.91 Å². The van der Waals surface area contributed by atoms with Gasteiger partial charge in [0.2, 0.25) is 17.7 Å². The van der Waals surface area contributed by atoms with Gasteiger partial charge in [-0.15, -0.1) is 11.6 Å². The van der Waals surface area contributed by atoms with Crippen LogP contribution >= 0.6 is 11.6 Å². The lowest BCUT2D eigenvalue weighted by Gasteiger charge is -2.25. The van der Waals surface area contributed by atoms with Gasteiger partial charge in [0, 0.05) is 55.0 Å². The van der Waals surface area contributed by atoms with Gasteiger partial charge < -0.3 is 51.8 Å². The Morgan fingerprint density at radius 2 is 1.63 bits per heavy atom. The van der Waals surface area contributed by atoms with Gasteiger partial charge in [0.1, 0.15) is 24.4 Å². The smallest absolute Gasteiger partial charge is 0.411 e. The first-order valence-electron chi connectivity index (χ1n) is 21.3. The highest BCUT2D eigenvalue weighted by molar-refractivity contribution is 6.19. The molecule has 0 spiro atoms. The van der Waals surface area contributed by atoms with E-state index in [4.69, 9.17) is 37.3 Å². The number of hydrogen-bond acceptors (Lipinski definition) is 10. The molecule has 0 bridgehead atoms. The van der Waals surface area contributed by atoms with Crippen LogP contribution in [0.2, 0.25) is 0 Å². The molecular formula is C47H57ClN8O9. The number of benzene rings is 4. The topological polar surface area (TPSA) is 246 Å². The highest BCUT2D eigenvalue weighted by atomic mass is 35.5. The number of urea groups is 1. The molecule has 7 amide bonds. The minimum atomic E-state index is -1.04. The number of carbonyl (C=O) groups is 6. The van der Waals surface area contributed by atoms with Crippen molar-refractivity contribution in [2.24, 2.45) is 17.4 Å². The largest absolute Gasteiger partial charge is 0.497 e. The van der Waals surface area contributed by atoms with Crippen LogP contribution in [0.1, 0.15) is 55.7 Å². The summed E-state index contributed by atoms with van der Waals surface area (Å²) in [7, 11) is 1.59. The van der Waals surface area contributed by atoms with Gasteiger partial charge in [-0.1, -0.05) is 62.4 Å². The van der Waals surface area contributed by atoms with Crippen LogP contribution in [0.5, 0.6) is 5.75 Å². The van der Waals surface area contributed by atoms with Gasteiger partial charge >= 0.3 is 12.1 Å². The van der Waals surface area contributed by atoms with Crippen LogP contribution in [0.25, 0.3) is 16.8 Å². The Kier molecular flexibility index (Phi) is 18.5. The second-order valence-corrected chi connectivity index (χ2v) is 15.9. The van der Waals surface area contributed by atoms with Gasteiger partial charge in [0.05, 0.1) is 31.7 Å². The number of nitrogens with zero attached hydrogens (tertiary/aromatic N) is 1. The zero-order valence-corrected chi connectivity index (χ0v) is 37.5. The highest BCUT2D eigenvalue weighted by Gasteiger charge is 2.34. The zero-order valence-electron chi connectivity index (χ0n) is 36.7. The summed E-state index contributed by atoms with van der Waals surface area (Å²) in [6.07, 6.45) is 3.00. The molecule has 1 aliphatic rings. The first-order valence-corrected chi connectivity index (χ1v) is 21.8. The summed E-state index contributed by atoms with van der Waals surface area (Å²) in [6.45, 7) is 4.74. The monoisotopic (exact) mass is 912 g/mol. The summed E-state index contributed by atoms with van der Waals surface area (Å²) < 4.78 is 16.1. The summed E-state index contributed by atoms with van der Waals surface area (Å²) in [5.41, 5.74) is 14.5. The molecule has 5 rings (SSSR count). The number of alkyl halides is 1. The molecule has 3 atom stereocenters. The third-order valence-corrected chi connectivity index (χ3v) is 11.0. The van der Waals surface area contributed by atoms with Crippen molar-refractivity contribution in [3.63, 3.8) is 0 Å². The lowest BCUT2D eigenvalue weighted by atomic mass is 9.95. The van der Waals surface area contributed by atoms with Crippen molar-refractivity contribution < 1.29 is 43.0 Å². The van der Waals surface area contributed by atoms with E-state index in [1.165, 1.54) is 6.08 Å². The van der Waals surface area contributed by atoms with Crippen molar-refractivity contribution in [1.82, 2.24) is 16.0 Å². The van der Waals surface area contributed by atoms with Crippen LogP contribution in [0.3, 0.4) is 0 Å². The highest BCUT2D eigenvalue weighted by Crippen LogP contribution is 2.45. The van der Waals surface area contributed by atoms with Crippen molar-refractivity contribution >= 4 is 81.3 Å². The van der Waals surface area contributed by atoms with E-state index in [1.807, 2.05) is 48.5 Å². The number of fused-ring (bicyclic) bond motifs is 3. The van der Waals surface area contributed by atoms with Crippen LogP contribution in [0.4, 0.5) is 26.7 Å². The van der Waals surface area contributed by atoms with E-state index in [1.54, 1.807) is 62.3 Å². The Hall–Kier alpha value is -6.69. The second-order valence-electron chi connectivity index (χ2n) is 15.6. The summed E-state index contributed by atoms with van der Waals surface area (Å²) in [5, 5.41) is 15.2. The van der Waals surface area contributed by atoms with E-state index < -0.39 is 41.9 Å². The van der Waals surface area contributed by atoms with Crippen LogP contribution in [0, 0.1) is 5.92 Å². The fourth-order valence-electron chi connectivity index (χ4n) is 7.24. The van der Waals surface area contributed by atoms with E-state index in [0.717, 1.165) is 21.9 Å². The summed E-state index contributed by atoms with van der Waals surface area (Å²) >= 11 is 6.46. The Bertz CT molecular complexity index is 2330. The number of amides is 7. The average molecular weight is 913 g/mol. The van der Waals surface area contributed by atoms with E-state index >= 15 is 0 Å². The predicted octanol–water partition coefficient (Wildman–Crippen LogP) is 5.36. The lowest BCUT2D eigenvalue weighted by Crippen LogP contribution is -2.54. The molecule has 1 heterocycles. The average Bonchev–Trinajstić information content (AvgIpc) is 3.68. The molecule has 9 N–H and O–H groups in total. The van der Waals surface area contributed by atoms with Gasteiger partial charge in [-0.2, -0.15) is 0 Å². The molecule has 0 saturated carbocycles. The fraction of sp³-hybridized carbons (Fsp3) is 0.362. The molecule has 17 nitrogen and oxygen atoms in total.